The molecule has 6 nitrogen and oxygen atoms in total. The SMILES string of the molecule is CC(=O)O[C@@H]1C(=O)c2c(cc(O)c(C)c2O)O[C@H]1c1ccccc1. The number of carbonyl (C=O) groups excluding carboxylic acids is 2. The lowest BCUT2D eigenvalue weighted by molar-refractivity contribution is -0.148. The summed E-state index contributed by atoms with van der Waals surface area (Å²) in [6, 6.07) is 10.1. The Kier molecular flexibility index (Phi) is 3.89. The standard InChI is InChI=1S/C18H16O6/c1-9-12(20)8-13-14(15(9)21)16(22)18(23-10(2)19)17(24-13)11-6-4-3-5-7-11/h3-8,17-18,20-21H,1-2H3/t17-,18+/m0/s1. The number of phenolic OH excluding ortho intramolecular Hbond substituents is 2. The summed E-state index contributed by atoms with van der Waals surface area (Å²) in [5, 5.41) is 20.1. The molecule has 6 heteroatoms. The Hall–Kier alpha value is -3.02. The van der Waals surface area contributed by atoms with Crippen LogP contribution in [0.2, 0.25) is 0 Å². The smallest absolute Gasteiger partial charge is 0.303 e. The molecule has 0 spiro atoms. The van der Waals surface area contributed by atoms with E-state index in [1.54, 1.807) is 24.3 Å². The van der Waals surface area contributed by atoms with Crippen LogP contribution in [0.15, 0.2) is 36.4 Å². The van der Waals surface area contributed by atoms with E-state index in [1.807, 2.05) is 6.07 Å². The second-order valence-corrected chi connectivity index (χ2v) is 5.59. The molecule has 2 atom stereocenters. The third kappa shape index (κ3) is 2.56. The van der Waals surface area contributed by atoms with Gasteiger partial charge in [-0.2, -0.15) is 0 Å². The number of fused-ring (bicyclic) bond motifs is 1. The molecular formula is C18H16O6. The average Bonchev–Trinajstić information content (AvgIpc) is 2.55. The van der Waals surface area contributed by atoms with E-state index in [0.29, 0.717) is 5.56 Å². The van der Waals surface area contributed by atoms with E-state index >= 15 is 0 Å². The van der Waals surface area contributed by atoms with Crippen molar-refractivity contribution < 1.29 is 29.3 Å². The van der Waals surface area contributed by atoms with Crippen molar-refractivity contribution >= 4 is 11.8 Å². The Bertz CT molecular complexity index is 812. The minimum Gasteiger partial charge on any atom is -0.507 e. The van der Waals surface area contributed by atoms with Crippen LogP contribution >= 0.6 is 0 Å². The summed E-state index contributed by atoms with van der Waals surface area (Å²) in [5.74, 6) is -1.70. The van der Waals surface area contributed by atoms with Crippen LogP contribution < -0.4 is 4.74 Å². The van der Waals surface area contributed by atoms with Crippen LogP contribution in [0.4, 0.5) is 0 Å². The first-order valence-electron chi connectivity index (χ1n) is 7.38. The number of Topliss-reactive ketones (excluding diaryl/α,β-unsaturated/α-hetero) is 1. The first kappa shape index (κ1) is 15.9. The molecule has 1 aliphatic heterocycles. The van der Waals surface area contributed by atoms with Crippen LogP contribution in [0.5, 0.6) is 17.2 Å². The topological polar surface area (TPSA) is 93.1 Å². The Morgan fingerprint density at radius 2 is 1.88 bits per heavy atom. The number of aromatic hydroxyl groups is 2. The highest BCUT2D eigenvalue weighted by molar-refractivity contribution is 6.06. The number of phenols is 2. The molecule has 0 amide bonds. The van der Waals surface area contributed by atoms with Crippen molar-refractivity contribution in [2.45, 2.75) is 26.1 Å². The molecule has 0 fully saturated rings. The molecule has 2 aromatic carbocycles. The van der Waals surface area contributed by atoms with Gasteiger partial charge in [-0.25, -0.2) is 0 Å². The molecule has 0 radical (unpaired) electrons. The van der Waals surface area contributed by atoms with Gasteiger partial charge in [0, 0.05) is 18.6 Å². The zero-order valence-electron chi connectivity index (χ0n) is 13.1. The second kappa shape index (κ2) is 5.88. The van der Waals surface area contributed by atoms with Crippen LogP contribution in [0, 0.1) is 6.92 Å². The molecule has 0 bridgehead atoms. The van der Waals surface area contributed by atoms with Gasteiger partial charge in [-0.1, -0.05) is 30.3 Å². The van der Waals surface area contributed by atoms with Crippen molar-refractivity contribution in [3.63, 3.8) is 0 Å². The fourth-order valence-corrected chi connectivity index (χ4v) is 2.72. The van der Waals surface area contributed by atoms with Gasteiger partial charge in [0.25, 0.3) is 0 Å². The molecule has 1 aliphatic rings. The van der Waals surface area contributed by atoms with Crippen LogP contribution in [0.3, 0.4) is 0 Å². The van der Waals surface area contributed by atoms with Crippen LogP contribution in [-0.4, -0.2) is 28.1 Å². The predicted octanol–water partition coefficient (Wildman–Crippen LogP) is 2.65. The van der Waals surface area contributed by atoms with E-state index in [0.717, 1.165) is 0 Å². The van der Waals surface area contributed by atoms with Crippen molar-refractivity contribution in [2.24, 2.45) is 0 Å². The maximum Gasteiger partial charge on any atom is 0.303 e. The van der Waals surface area contributed by atoms with Crippen molar-refractivity contribution in [3.05, 3.63) is 53.1 Å². The molecule has 2 N–H and O–H groups in total. The van der Waals surface area contributed by atoms with Crippen molar-refractivity contribution in [2.75, 3.05) is 0 Å². The highest BCUT2D eigenvalue weighted by Gasteiger charge is 2.43. The predicted molar refractivity (Wildman–Crippen MR) is 84.2 cm³/mol. The van der Waals surface area contributed by atoms with E-state index in [9.17, 15) is 19.8 Å². The van der Waals surface area contributed by atoms with E-state index in [2.05, 4.69) is 0 Å². The van der Waals surface area contributed by atoms with E-state index in [1.165, 1.54) is 19.9 Å². The summed E-state index contributed by atoms with van der Waals surface area (Å²) < 4.78 is 11.0. The van der Waals surface area contributed by atoms with E-state index in [-0.39, 0.29) is 28.4 Å². The Morgan fingerprint density at radius 1 is 1.21 bits per heavy atom. The second-order valence-electron chi connectivity index (χ2n) is 5.59. The van der Waals surface area contributed by atoms with Gasteiger partial charge in [-0.15, -0.1) is 0 Å². The molecule has 1 heterocycles. The third-order valence-corrected chi connectivity index (χ3v) is 3.95. The number of hydrogen-bond acceptors (Lipinski definition) is 6. The van der Waals surface area contributed by atoms with Gasteiger partial charge in [0.05, 0.1) is 0 Å². The lowest BCUT2D eigenvalue weighted by atomic mass is 9.91. The van der Waals surface area contributed by atoms with Crippen molar-refractivity contribution in [1.82, 2.24) is 0 Å². The number of ether oxygens (including phenoxy) is 2. The highest BCUT2D eigenvalue weighted by atomic mass is 16.6. The summed E-state index contributed by atoms with van der Waals surface area (Å²) in [6.07, 6.45) is -2.08. The lowest BCUT2D eigenvalue weighted by Crippen LogP contribution is -2.39. The minimum absolute atomic E-state index is 0.0536. The summed E-state index contributed by atoms with van der Waals surface area (Å²) in [7, 11) is 0. The molecule has 0 saturated carbocycles. The number of esters is 1. The molecule has 124 valence electrons. The van der Waals surface area contributed by atoms with Crippen LogP contribution in [0.25, 0.3) is 0 Å². The van der Waals surface area contributed by atoms with Crippen LogP contribution in [-0.2, 0) is 9.53 Å². The highest BCUT2D eigenvalue weighted by Crippen LogP contribution is 2.44. The largest absolute Gasteiger partial charge is 0.507 e. The summed E-state index contributed by atoms with van der Waals surface area (Å²) in [4.78, 5) is 24.2. The Balaban J connectivity index is 2.15. The quantitative estimate of drug-likeness (QED) is 0.823. The number of benzene rings is 2. The van der Waals surface area contributed by atoms with Crippen molar-refractivity contribution in [3.8, 4) is 17.2 Å². The maximum atomic E-state index is 12.8. The van der Waals surface area contributed by atoms with E-state index < -0.39 is 24.0 Å². The van der Waals surface area contributed by atoms with Gasteiger partial charge >= 0.3 is 5.97 Å². The monoisotopic (exact) mass is 328 g/mol. The molecule has 3 rings (SSSR count). The Morgan fingerprint density at radius 3 is 2.50 bits per heavy atom. The maximum absolute atomic E-state index is 12.8. The molecule has 0 saturated heterocycles. The van der Waals surface area contributed by atoms with Gasteiger partial charge in [0.1, 0.15) is 22.8 Å². The minimum atomic E-state index is -1.22. The zero-order valence-corrected chi connectivity index (χ0v) is 13.1. The fourth-order valence-electron chi connectivity index (χ4n) is 2.72. The zero-order chi connectivity index (χ0) is 17.4. The summed E-state index contributed by atoms with van der Waals surface area (Å²) in [6.45, 7) is 2.68. The number of carbonyl (C=O) groups is 2. The molecule has 2 aromatic rings. The van der Waals surface area contributed by atoms with Gasteiger partial charge < -0.3 is 19.7 Å². The Labute approximate surface area is 138 Å². The molecule has 24 heavy (non-hydrogen) atoms. The number of rotatable bonds is 2. The van der Waals surface area contributed by atoms with Crippen molar-refractivity contribution in [1.29, 1.82) is 0 Å². The number of ketones is 1. The molecule has 0 aromatic heterocycles. The summed E-state index contributed by atoms with van der Waals surface area (Å²) >= 11 is 0. The molecule has 0 aliphatic carbocycles. The van der Waals surface area contributed by atoms with Gasteiger partial charge in [0.15, 0.2) is 6.10 Å². The van der Waals surface area contributed by atoms with Gasteiger partial charge in [0.2, 0.25) is 11.9 Å². The van der Waals surface area contributed by atoms with Gasteiger partial charge in [-0.05, 0) is 12.5 Å². The lowest BCUT2D eigenvalue weighted by Gasteiger charge is -2.32. The normalized spacial score (nSPS) is 19.3. The molecule has 0 unspecified atom stereocenters. The molecular weight excluding hydrogens is 312 g/mol. The van der Waals surface area contributed by atoms with E-state index in [4.69, 9.17) is 9.47 Å². The van der Waals surface area contributed by atoms with Crippen LogP contribution in [0.1, 0.15) is 34.5 Å². The first-order valence-corrected chi connectivity index (χ1v) is 7.38. The number of hydrogen-bond donors (Lipinski definition) is 2. The first-order chi connectivity index (χ1) is 11.4. The third-order valence-electron chi connectivity index (χ3n) is 3.95. The van der Waals surface area contributed by atoms with Gasteiger partial charge in [-0.3, -0.25) is 9.59 Å². The summed E-state index contributed by atoms with van der Waals surface area (Å²) in [5.41, 5.74) is 0.705. The fraction of sp³-hybridized carbons (Fsp3) is 0.222. The average molecular weight is 328 g/mol.